The Morgan fingerprint density at radius 1 is 1.38 bits per heavy atom. The van der Waals surface area contributed by atoms with Crippen molar-refractivity contribution in [2.45, 2.75) is 31.7 Å². The number of aliphatic hydroxyl groups excluding tert-OH is 1. The van der Waals surface area contributed by atoms with Gasteiger partial charge in [-0.2, -0.15) is 0 Å². The van der Waals surface area contributed by atoms with E-state index in [-0.39, 0.29) is 11.5 Å². The molecule has 0 aliphatic rings. The molecule has 0 aliphatic carbocycles. The molecule has 1 atom stereocenters. The van der Waals surface area contributed by atoms with Crippen LogP contribution in [-0.2, 0) is 10.0 Å². The summed E-state index contributed by atoms with van der Waals surface area (Å²) in [7, 11) is -3.53. The molecular weight excluding hydrogens is 226 g/mol. The third-order valence-electron chi connectivity index (χ3n) is 2.25. The SMILES string of the molecule is Cc1ccc(S(=O)(=O)N[C@@H](C)CO)c(C)c1. The molecule has 4 nitrogen and oxygen atoms in total. The molecule has 0 bridgehead atoms. The first-order valence-electron chi connectivity index (χ1n) is 5.07. The summed E-state index contributed by atoms with van der Waals surface area (Å²) in [6, 6.07) is 4.67. The van der Waals surface area contributed by atoms with E-state index in [2.05, 4.69) is 4.72 Å². The molecule has 90 valence electrons. The van der Waals surface area contributed by atoms with E-state index in [0.717, 1.165) is 5.56 Å². The average Bonchev–Trinajstić information content (AvgIpc) is 2.16. The number of hydrogen-bond donors (Lipinski definition) is 2. The maximum Gasteiger partial charge on any atom is 0.241 e. The van der Waals surface area contributed by atoms with Gasteiger partial charge in [0, 0.05) is 6.04 Å². The van der Waals surface area contributed by atoms with Crippen LogP contribution in [0, 0.1) is 13.8 Å². The maximum absolute atomic E-state index is 11.9. The smallest absolute Gasteiger partial charge is 0.241 e. The van der Waals surface area contributed by atoms with E-state index >= 15 is 0 Å². The fourth-order valence-corrected chi connectivity index (χ4v) is 2.93. The first-order valence-corrected chi connectivity index (χ1v) is 6.55. The summed E-state index contributed by atoms with van der Waals surface area (Å²) < 4.78 is 26.2. The van der Waals surface area contributed by atoms with E-state index < -0.39 is 16.1 Å². The van der Waals surface area contributed by atoms with E-state index in [9.17, 15) is 8.42 Å². The minimum atomic E-state index is -3.53. The van der Waals surface area contributed by atoms with Crippen LogP contribution in [-0.4, -0.2) is 26.2 Å². The first-order chi connectivity index (χ1) is 7.36. The standard InChI is InChI=1S/C11H17NO3S/c1-8-4-5-11(9(2)6-8)16(14,15)12-10(3)7-13/h4-6,10,12-13H,7H2,1-3H3/t10-/m0/s1. The Kier molecular flexibility index (Phi) is 4.07. The van der Waals surface area contributed by atoms with Crippen molar-refractivity contribution in [3.05, 3.63) is 29.3 Å². The summed E-state index contributed by atoms with van der Waals surface area (Å²) in [5, 5.41) is 8.83. The van der Waals surface area contributed by atoms with Crippen molar-refractivity contribution in [3.63, 3.8) is 0 Å². The molecule has 0 unspecified atom stereocenters. The van der Waals surface area contributed by atoms with Crippen LogP contribution in [0.4, 0.5) is 0 Å². The second-order valence-electron chi connectivity index (χ2n) is 3.97. The molecule has 0 amide bonds. The van der Waals surface area contributed by atoms with Gasteiger partial charge in [0.15, 0.2) is 0 Å². The summed E-state index contributed by atoms with van der Waals surface area (Å²) in [4.78, 5) is 0.262. The van der Waals surface area contributed by atoms with Gasteiger partial charge in [-0.05, 0) is 32.4 Å². The van der Waals surface area contributed by atoms with Crippen LogP contribution in [0.3, 0.4) is 0 Å². The molecule has 0 heterocycles. The topological polar surface area (TPSA) is 66.4 Å². The molecular formula is C11H17NO3S. The van der Waals surface area contributed by atoms with Crippen LogP contribution >= 0.6 is 0 Å². The van der Waals surface area contributed by atoms with Gasteiger partial charge in [-0.1, -0.05) is 17.7 Å². The monoisotopic (exact) mass is 243 g/mol. The van der Waals surface area contributed by atoms with Crippen molar-refractivity contribution >= 4 is 10.0 Å². The third kappa shape index (κ3) is 3.04. The minimum Gasteiger partial charge on any atom is -0.395 e. The first kappa shape index (κ1) is 13.2. The molecule has 0 spiro atoms. The summed E-state index contributed by atoms with van der Waals surface area (Å²) in [5.74, 6) is 0. The molecule has 0 fully saturated rings. The molecule has 5 heteroatoms. The zero-order valence-electron chi connectivity index (χ0n) is 9.69. The number of nitrogens with one attached hydrogen (secondary N) is 1. The predicted molar refractivity (Wildman–Crippen MR) is 62.8 cm³/mol. The summed E-state index contributed by atoms with van der Waals surface area (Å²) in [6.07, 6.45) is 0. The highest BCUT2D eigenvalue weighted by molar-refractivity contribution is 7.89. The van der Waals surface area contributed by atoms with Gasteiger partial charge in [0.25, 0.3) is 0 Å². The molecule has 0 aliphatic heterocycles. The molecule has 1 aromatic rings. The van der Waals surface area contributed by atoms with Crippen molar-refractivity contribution in [1.82, 2.24) is 4.72 Å². The van der Waals surface area contributed by atoms with Crippen molar-refractivity contribution in [3.8, 4) is 0 Å². The highest BCUT2D eigenvalue weighted by Crippen LogP contribution is 2.16. The molecule has 0 aromatic heterocycles. The van der Waals surface area contributed by atoms with Gasteiger partial charge in [0.05, 0.1) is 11.5 Å². The van der Waals surface area contributed by atoms with Gasteiger partial charge in [-0.25, -0.2) is 13.1 Å². The van der Waals surface area contributed by atoms with Gasteiger partial charge >= 0.3 is 0 Å². The van der Waals surface area contributed by atoms with Gasteiger partial charge in [0.1, 0.15) is 0 Å². The average molecular weight is 243 g/mol. The lowest BCUT2D eigenvalue weighted by atomic mass is 10.2. The van der Waals surface area contributed by atoms with E-state index in [0.29, 0.717) is 5.56 Å². The van der Waals surface area contributed by atoms with Crippen molar-refractivity contribution in [2.75, 3.05) is 6.61 Å². The van der Waals surface area contributed by atoms with Crippen molar-refractivity contribution < 1.29 is 13.5 Å². The van der Waals surface area contributed by atoms with Crippen molar-refractivity contribution in [2.24, 2.45) is 0 Å². The Bertz CT molecular complexity index is 468. The van der Waals surface area contributed by atoms with Gasteiger partial charge < -0.3 is 5.11 Å². The summed E-state index contributed by atoms with van der Waals surface area (Å²) >= 11 is 0. The molecule has 0 saturated carbocycles. The quantitative estimate of drug-likeness (QED) is 0.828. The lowest BCUT2D eigenvalue weighted by Crippen LogP contribution is -2.35. The van der Waals surface area contributed by atoms with Crippen LogP contribution in [0.1, 0.15) is 18.1 Å². The fourth-order valence-electron chi connectivity index (χ4n) is 1.47. The molecule has 0 saturated heterocycles. The largest absolute Gasteiger partial charge is 0.395 e. The second-order valence-corrected chi connectivity index (χ2v) is 5.66. The zero-order chi connectivity index (χ0) is 12.3. The highest BCUT2D eigenvalue weighted by atomic mass is 32.2. The van der Waals surface area contributed by atoms with E-state index in [1.807, 2.05) is 13.0 Å². The van der Waals surface area contributed by atoms with E-state index in [4.69, 9.17) is 5.11 Å². The third-order valence-corrected chi connectivity index (χ3v) is 4.00. The van der Waals surface area contributed by atoms with Gasteiger partial charge in [0.2, 0.25) is 10.0 Å². The van der Waals surface area contributed by atoms with Gasteiger partial charge in [-0.3, -0.25) is 0 Å². The zero-order valence-corrected chi connectivity index (χ0v) is 10.5. The lowest BCUT2D eigenvalue weighted by Gasteiger charge is -2.13. The molecule has 1 rings (SSSR count). The summed E-state index contributed by atoms with van der Waals surface area (Å²) in [6.45, 7) is 5.06. The van der Waals surface area contributed by atoms with Crippen molar-refractivity contribution in [1.29, 1.82) is 0 Å². The van der Waals surface area contributed by atoms with Crippen LogP contribution in [0.5, 0.6) is 0 Å². The van der Waals surface area contributed by atoms with Crippen LogP contribution in [0.25, 0.3) is 0 Å². The van der Waals surface area contributed by atoms with Crippen LogP contribution < -0.4 is 4.72 Å². The number of benzene rings is 1. The van der Waals surface area contributed by atoms with E-state index in [1.54, 1.807) is 26.0 Å². The Balaban J connectivity index is 3.08. The maximum atomic E-state index is 11.9. The van der Waals surface area contributed by atoms with Gasteiger partial charge in [-0.15, -0.1) is 0 Å². The molecule has 2 N–H and O–H groups in total. The fraction of sp³-hybridized carbons (Fsp3) is 0.455. The highest BCUT2D eigenvalue weighted by Gasteiger charge is 2.18. The minimum absolute atomic E-state index is 0.218. The van der Waals surface area contributed by atoms with Crippen LogP contribution in [0.2, 0.25) is 0 Å². The number of aryl methyl sites for hydroxylation is 2. The molecule has 16 heavy (non-hydrogen) atoms. The Labute approximate surface area is 96.4 Å². The van der Waals surface area contributed by atoms with E-state index in [1.165, 1.54) is 0 Å². The Morgan fingerprint density at radius 2 is 2.00 bits per heavy atom. The molecule has 0 radical (unpaired) electrons. The Morgan fingerprint density at radius 3 is 2.50 bits per heavy atom. The summed E-state index contributed by atoms with van der Waals surface area (Å²) in [5.41, 5.74) is 1.73. The number of rotatable bonds is 4. The number of hydrogen-bond acceptors (Lipinski definition) is 3. The number of aliphatic hydroxyl groups is 1. The second kappa shape index (κ2) is 4.95. The molecule has 1 aromatic carbocycles. The predicted octanol–water partition coefficient (Wildman–Crippen LogP) is 0.963. The number of sulfonamides is 1. The Hall–Kier alpha value is -0.910. The normalized spacial score (nSPS) is 13.8. The van der Waals surface area contributed by atoms with Crippen LogP contribution in [0.15, 0.2) is 23.1 Å². The lowest BCUT2D eigenvalue weighted by molar-refractivity contribution is 0.265.